The number of piperazine rings is 1. The Labute approximate surface area is 161 Å². The zero-order valence-electron chi connectivity index (χ0n) is 14.0. The van der Waals surface area contributed by atoms with Crippen molar-refractivity contribution in [2.24, 2.45) is 0 Å². The largest absolute Gasteiger partial charge is 0.346 e. The minimum absolute atomic E-state index is 0. The molecule has 148 valence electrons. The Morgan fingerprint density at radius 1 is 1.15 bits per heavy atom. The average molecular weight is 417 g/mol. The van der Waals surface area contributed by atoms with Crippen LogP contribution in [0.25, 0.3) is 0 Å². The number of hydrogen-bond acceptors (Lipinski definition) is 4. The molecule has 1 aromatic rings. The van der Waals surface area contributed by atoms with E-state index in [0.29, 0.717) is 6.07 Å². The highest BCUT2D eigenvalue weighted by molar-refractivity contribution is 5.95. The highest BCUT2D eigenvalue weighted by atomic mass is 35.5. The van der Waals surface area contributed by atoms with Gasteiger partial charge >= 0.3 is 0 Å². The summed E-state index contributed by atoms with van der Waals surface area (Å²) in [4.78, 5) is 25.7. The first kappa shape index (κ1) is 24.5. The normalized spacial score (nSPS) is 15.2. The van der Waals surface area contributed by atoms with Gasteiger partial charge in [0.25, 0.3) is 0 Å². The van der Waals surface area contributed by atoms with Gasteiger partial charge in [-0.3, -0.25) is 14.5 Å². The number of halogens is 5. The van der Waals surface area contributed by atoms with Gasteiger partial charge in [-0.05, 0) is 19.1 Å². The van der Waals surface area contributed by atoms with Crippen molar-refractivity contribution in [3.63, 3.8) is 0 Å². The Kier molecular flexibility index (Phi) is 10.6. The third-order valence-corrected chi connectivity index (χ3v) is 3.81. The number of nitrogens with one attached hydrogen (secondary N) is 3. The molecular formula is C15H21Cl2F3N4O2. The summed E-state index contributed by atoms with van der Waals surface area (Å²) < 4.78 is 39.4. The van der Waals surface area contributed by atoms with E-state index >= 15 is 0 Å². The van der Waals surface area contributed by atoms with E-state index in [9.17, 15) is 22.8 Å². The monoisotopic (exact) mass is 416 g/mol. The maximum Gasteiger partial charge on any atom is 0.243 e. The van der Waals surface area contributed by atoms with Gasteiger partial charge in [0.15, 0.2) is 17.5 Å². The molecule has 1 aliphatic heterocycles. The first-order valence-electron chi connectivity index (χ1n) is 7.56. The van der Waals surface area contributed by atoms with Gasteiger partial charge < -0.3 is 16.0 Å². The van der Waals surface area contributed by atoms with Crippen LogP contribution in [0.4, 0.5) is 18.9 Å². The number of carbonyl (C=O) groups is 2. The van der Waals surface area contributed by atoms with E-state index in [0.717, 1.165) is 32.2 Å². The predicted octanol–water partition coefficient (Wildman–Crippen LogP) is 1.30. The Hall–Kier alpha value is -1.55. The molecule has 1 fully saturated rings. The number of hydrogen-bond donors (Lipinski definition) is 3. The summed E-state index contributed by atoms with van der Waals surface area (Å²) in [5, 5.41) is 7.70. The maximum atomic E-state index is 13.5. The van der Waals surface area contributed by atoms with Gasteiger partial charge in [0.2, 0.25) is 11.8 Å². The molecule has 3 N–H and O–H groups in total. The van der Waals surface area contributed by atoms with Crippen molar-refractivity contribution in [3.05, 3.63) is 29.6 Å². The maximum absolute atomic E-state index is 13.5. The zero-order chi connectivity index (χ0) is 17.7. The third kappa shape index (κ3) is 6.31. The van der Waals surface area contributed by atoms with Crippen molar-refractivity contribution in [2.75, 3.05) is 38.0 Å². The summed E-state index contributed by atoms with van der Waals surface area (Å²) >= 11 is 0. The van der Waals surface area contributed by atoms with E-state index in [1.165, 1.54) is 0 Å². The van der Waals surface area contributed by atoms with Crippen LogP contribution in [0.5, 0.6) is 0 Å². The number of rotatable bonds is 5. The van der Waals surface area contributed by atoms with Crippen LogP contribution >= 0.6 is 24.8 Å². The fourth-order valence-corrected chi connectivity index (χ4v) is 2.37. The third-order valence-electron chi connectivity index (χ3n) is 3.81. The summed E-state index contributed by atoms with van der Waals surface area (Å²) in [6.45, 7) is 4.35. The summed E-state index contributed by atoms with van der Waals surface area (Å²) in [6, 6.07) is 1.22. The number of nitrogens with zero attached hydrogens (tertiary/aromatic N) is 1. The molecule has 1 atom stereocenters. The first-order valence-corrected chi connectivity index (χ1v) is 7.56. The van der Waals surface area contributed by atoms with Crippen molar-refractivity contribution < 1.29 is 22.8 Å². The topological polar surface area (TPSA) is 73.5 Å². The molecule has 11 heteroatoms. The molecule has 6 nitrogen and oxygen atoms in total. The average Bonchev–Trinajstić information content (AvgIpc) is 2.60. The summed E-state index contributed by atoms with van der Waals surface area (Å²) in [5.41, 5.74) is -0.483. The molecule has 1 heterocycles. The van der Waals surface area contributed by atoms with Crippen LogP contribution in [0.1, 0.15) is 6.92 Å². The van der Waals surface area contributed by atoms with Gasteiger partial charge in [0.05, 0.1) is 18.3 Å². The lowest BCUT2D eigenvalue weighted by molar-refractivity contribution is -0.128. The molecule has 0 spiro atoms. The molecule has 2 amide bonds. The molecule has 1 aliphatic rings. The molecule has 1 aromatic carbocycles. The number of carbonyl (C=O) groups excluding carboxylic acids is 2. The van der Waals surface area contributed by atoms with Gasteiger partial charge in [-0.1, -0.05) is 0 Å². The van der Waals surface area contributed by atoms with Crippen molar-refractivity contribution >= 4 is 42.3 Å². The highest BCUT2D eigenvalue weighted by Gasteiger charge is 2.23. The lowest BCUT2D eigenvalue weighted by atomic mass is 10.2. The summed E-state index contributed by atoms with van der Waals surface area (Å²) in [7, 11) is 0. The van der Waals surface area contributed by atoms with Gasteiger partial charge in [-0.25, -0.2) is 13.2 Å². The standard InChI is InChI=1S/C15H19F3N4O2.2ClH/c1-9(22-6-4-19-5-7-22)15(24)20-8-12(23)21-11-3-2-10(16)13(17)14(11)18;;/h2-3,9,19H,4-8H2,1H3,(H,20,24)(H,21,23);2*1H. The van der Waals surface area contributed by atoms with Gasteiger partial charge in [-0.2, -0.15) is 0 Å². The van der Waals surface area contributed by atoms with E-state index in [1.807, 2.05) is 4.90 Å². The molecular weight excluding hydrogens is 396 g/mol. The van der Waals surface area contributed by atoms with Crippen molar-refractivity contribution in [3.8, 4) is 0 Å². The molecule has 26 heavy (non-hydrogen) atoms. The second-order valence-corrected chi connectivity index (χ2v) is 5.45. The van der Waals surface area contributed by atoms with Crippen LogP contribution in [-0.4, -0.2) is 55.5 Å². The second-order valence-electron chi connectivity index (χ2n) is 5.45. The first-order chi connectivity index (χ1) is 11.4. The van der Waals surface area contributed by atoms with Crippen LogP contribution in [0, 0.1) is 17.5 Å². The Bertz CT molecular complexity index is 631. The van der Waals surface area contributed by atoms with E-state index in [2.05, 4.69) is 16.0 Å². The fraction of sp³-hybridized carbons (Fsp3) is 0.467. The minimum Gasteiger partial charge on any atom is -0.346 e. The van der Waals surface area contributed by atoms with E-state index < -0.39 is 41.6 Å². The van der Waals surface area contributed by atoms with Gasteiger partial charge in [0.1, 0.15) is 0 Å². The van der Waals surface area contributed by atoms with Crippen LogP contribution < -0.4 is 16.0 Å². The smallest absolute Gasteiger partial charge is 0.243 e. The van der Waals surface area contributed by atoms with Crippen LogP contribution in [-0.2, 0) is 9.59 Å². The summed E-state index contributed by atoms with van der Waals surface area (Å²) in [5.74, 6) is -5.56. The van der Waals surface area contributed by atoms with Crippen molar-refractivity contribution in [1.29, 1.82) is 0 Å². The molecule has 1 saturated heterocycles. The lowest BCUT2D eigenvalue weighted by Crippen LogP contribution is -2.53. The van der Waals surface area contributed by atoms with Crippen LogP contribution in [0.15, 0.2) is 12.1 Å². The molecule has 0 aromatic heterocycles. The van der Waals surface area contributed by atoms with Crippen molar-refractivity contribution in [1.82, 2.24) is 15.5 Å². The molecule has 1 unspecified atom stereocenters. The second kappa shape index (κ2) is 11.2. The quantitative estimate of drug-likeness (QED) is 0.632. The van der Waals surface area contributed by atoms with E-state index in [4.69, 9.17) is 0 Å². The summed E-state index contributed by atoms with van der Waals surface area (Å²) in [6.07, 6.45) is 0. The Balaban J connectivity index is 0.00000312. The lowest BCUT2D eigenvalue weighted by Gasteiger charge is -2.31. The number of benzene rings is 1. The molecule has 2 rings (SSSR count). The van der Waals surface area contributed by atoms with Gasteiger partial charge in [-0.15, -0.1) is 24.8 Å². The SMILES string of the molecule is CC(C(=O)NCC(=O)Nc1ccc(F)c(F)c1F)N1CCNCC1.Cl.Cl. The number of anilines is 1. The molecule has 0 aliphatic carbocycles. The van der Waals surface area contributed by atoms with Gasteiger partial charge in [0, 0.05) is 26.2 Å². The minimum atomic E-state index is -1.66. The molecule has 0 bridgehead atoms. The Morgan fingerprint density at radius 3 is 2.38 bits per heavy atom. The van der Waals surface area contributed by atoms with E-state index in [1.54, 1.807) is 6.92 Å². The predicted molar refractivity (Wildman–Crippen MR) is 96.4 cm³/mol. The molecule has 0 saturated carbocycles. The molecule has 0 radical (unpaired) electrons. The number of amides is 2. The highest BCUT2D eigenvalue weighted by Crippen LogP contribution is 2.19. The zero-order valence-corrected chi connectivity index (χ0v) is 15.6. The Morgan fingerprint density at radius 2 is 1.77 bits per heavy atom. The van der Waals surface area contributed by atoms with Crippen LogP contribution in [0.2, 0.25) is 0 Å². The fourth-order valence-electron chi connectivity index (χ4n) is 2.37. The van der Waals surface area contributed by atoms with Crippen LogP contribution in [0.3, 0.4) is 0 Å². The van der Waals surface area contributed by atoms with E-state index in [-0.39, 0.29) is 30.7 Å². The van der Waals surface area contributed by atoms with Crippen molar-refractivity contribution in [2.45, 2.75) is 13.0 Å².